The molecule has 0 heterocycles. The van der Waals surface area contributed by atoms with E-state index in [9.17, 15) is 13.6 Å². The maximum atomic E-state index is 14.1. The summed E-state index contributed by atoms with van der Waals surface area (Å²) in [4.78, 5) is 14.6. The van der Waals surface area contributed by atoms with Gasteiger partial charge in [-0.1, -0.05) is 23.8 Å². The second-order valence-corrected chi connectivity index (χ2v) is 5.67. The van der Waals surface area contributed by atoms with Crippen LogP contribution in [0.3, 0.4) is 0 Å². The van der Waals surface area contributed by atoms with E-state index in [-0.39, 0.29) is 5.56 Å². The van der Waals surface area contributed by atoms with Crippen LogP contribution in [0.2, 0.25) is 0 Å². The van der Waals surface area contributed by atoms with Crippen LogP contribution in [0.1, 0.15) is 31.9 Å². The number of hydrogen-bond acceptors (Lipinski definition) is 2. The number of alkyl halides is 2. The molecule has 0 atom stereocenters. The highest BCUT2D eigenvalue weighted by molar-refractivity contribution is 5.67. The molecule has 6 heteroatoms. The van der Waals surface area contributed by atoms with Gasteiger partial charge in [0.25, 0.3) is 5.92 Å². The zero-order valence-corrected chi connectivity index (χ0v) is 12.5. The fraction of sp³-hybridized carbons (Fsp3) is 0.467. The summed E-state index contributed by atoms with van der Waals surface area (Å²) in [5.74, 6) is -3.23. The summed E-state index contributed by atoms with van der Waals surface area (Å²) in [5, 5.41) is 2.06. The van der Waals surface area contributed by atoms with E-state index in [4.69, 9.17) is 11.3 Å². The highest BCUT2D eigenvalue weighted by Crippen LogP contribution is 2.32. The Bertz CT molecular complexity index is 572. The number of ether oxygens (including phenoxy) is 1. The van der Waals surface area contributed by atoms with E-state index in [2.05, 4.69) is 10.2 Å². The number of amides is 1. The lowest BCUT2D eigenvalue weighted by Crippen LogP contribution is -2.38. The van der Waals surface area contributed by atoms with Gasteiger partial charge in [0, 0.05) is 5.56 Å². The third-order valence-electron chi connectivity index (χ3n) is 2.59. The molecule has 0 aliphatic carbocycles. The van der Waals surface area contributed by atoms with Crippen molar-refractivity contribution in [3.63, 3.8) is 0 Å². The highest BCUT2D eigenvalue weighted by atomic mass is 19.3. The zero-order valence-electron chi connectivity index (χ0n) is 12.5. The van der Waals surface area contributed by atoms with Crippen molar-refractivity contribution in [2.45, 2.75) is 39.2 Å². The first-order valence-electron chi connectivity index (χ1n) is 6.38. The average molecular weight is 296 g/mol. The molecule has 0 aliphatic rings. The van der Waals surface area contributed by atoms with Gasteiger partial charge in [-0.3, -0.25) is 0 Å². The van der Waals surface area contributed by atoms with Crippen LogP contribution in [0, 0.1) is 13.5 Å². The maximum Gasteiger partial charge on any atom is 0.407 e. The summed E-state index contributed by atoms with van der Waals surface area (Å²) in [6.07, 6.45) is -0.891. The molecule has 0 bridgehead atoms. The molecule has 0 saturated carbocycles. The molecule has 21 heavy (non-hydrogen) atoms. The zero-order chi connectivity index (χ0) is 16.3. The van der Waals surface area contributed by atoms with E-state index < -0.39 is 24.2 Å². The predicted molar refractivity (Wildman–Crippen MR) is 75.6 cm³/mol. The van der Waals surface area contributed by atoms with Crippen LogP contribution in [-0.4, -0.2) is 18.2 Å². The number of hydrogen-bond donors (Lipinski definition) is 1. The van der Waals surface area contributed by atoms with Gasteiger partial charge in [-0.05, 0) is 27.7 Å². The topological polar surface area (TPSA) is 42.7 Å². The van der Waals surface area contributed by atoms with E-state index in [1.54, 1.807) is 20.8 Å². The monoisotopic (exact) mass is 296 g/mol. The largest absolute Gasteiger partial charge is 0.444 e. The van der Waals surface area contributed by atoms with Gasteiger partial charge in [-0.25, -0.2) is 9.64 Å². The Labute approximate surface area is 122 Å². The third-order valence-corrected chi connectivity index (χ3v) is 2.59. The van der Waals surface area contributed by atoms with Crippen LogP contribution < -0.4 is 5.32 Å². The smallest absolute Gasteiger partial charge is 0.407 e. The lowest BCUT2D eigenvalue weighted by Gasteiger charge is -2.23. The Morgan fingerprint density at radius 2 is 2.00 bits per heavy atom. The van der Waals surface area contributed by atoms with Crippen molar-refractivity contribution in [3.05, 3.63) is 40.7 Å². The molecule has 0 unspecified atom stereocenters. The molecule has 1 aromatic carbocycles. The quantitative estimate of drug-likeness (QED) is 0.851. The molecule has 0 radical (unpaired) electrons. The van der Waals surface area contributed by atoms with Gasteiger partial charge in [0.05, 0.1) is 13.1 Å². The summed E-state index contributed by atoms with van der Waals surface area (Å²) < 4.78 is 33.1. The van der Waals surface area contributed by atoms with Gasteiger partial charge in [-0.15, -0.1) is 0 Å². The van der Waals surface area contributed by atoms with Gasteiger partial charge in [0.15, 0.2) is 5.69 Å². The van der Waals surface area contributed by atoms with Crippen molar-refractivity contribution in [3.8, 4) is 0 Å². The fourth-order valence-corrected chi connectivity index (χ4v) is 1.72. The molecule has 0 spiro atoms. The lowest BCUT2D eigenvalue weighted by atomic mass is 10.0. The standard InChI is InChI=1S/C15H18F2N2O2/c1-10-8-11(18-5)6-7-12(10)15(16,17)9-19-13(20)21-14(2,3)4/h6-8H,9H2,1-4H3,(H,19,20). The Balaban J connectivity index is 2.78. The fourth-order valence-electron chi connectivity index (χ4n) is 1.72. The van der Waals surface area contributed by atoms with E-state index in [1.807, 2.05) is 0 Å². The van der Waals surface area contributed by atoms with Gasteiger partial charge < -0.3 is 10.1 Å². The first kappa shape index (κ1) is 16.9. The first-order chi connectivity index (χ1) is 9.55. The van der Waals surface area contributed by atoms with Crippen LogP contribution in [0.4, 0.5) is 19.3 Å². The van der Waals surface area contributed by atoms with E-state index >= 15 is 0 Å². The minimum Gasteiger partial charge on any atom is -0.444 e. The lowest BCUT2D eigenvalue weighted by molar-refractivity contribution is -0.00962. The van der Waals surface area contributed by atoms with Crippen molar-refractivity contribution in [2.24, 2.45) is 0 Å². The summed E-state index contributed by atoms with van der Waals surface area (Å²) >= 11 is 0. The van der Waals surface area contributed by atoms with Gasteiger partial charge >= 0.3 is 6.09 Å². The molecule has 1 amide bonds. The second kappa shape index (κ2) is 6.08. The molecule has 1 rings (SSSR count). The minimum absolute atomic E-state index is 0.217. The van der Waals surface area contributed by atoms with Crippen molar-refractivity contribution in [1.82, 2.24) is 5.32 Å². The van der Waals surface area contributed by atoms with Crippen LogP contribution in [0.25, 0.3) is 4.85 Å². The number of carbonyl (C=O) groups excluding carboxylic acids is 1. The second-order valence-electron chi connectivity index (χ2n) is 5.67. The number of alkyl carbamates (subject to hydrolysis) is 1. The normalized spacial score (nSPS) is 11.7. The van der Waals surface area contributed by atoms with Crippen LogP contribution in [0.5, 0.6) is 0 Å². The summed E-state index contributed by atoms with van der Waals surface area (Å²) in [5.41, 5.74) is -0.357. The molecular formula is C15H18F2N2O2. The third kappa shape index (κ3) is 5.03. The first-order valence-corrected chi connectivity index (χ1v) is 6.38. The van der Waals surface area contributed by atoms with Crippen molar-refractivity contribution < 1.29 is 18.3 Å². The van der Waals surface area contributed by atoms with Crippen molar-refractivity contribution >= 4 is 11.8 Å². The Morgan fingerprint density at radius 1 is 1.38 bits per heavy atom. The van der Waals surface area contributed by atoms with Crippen molar-refractivity contribution in [1.29, 1.82) is 0 Å². The molecule has 114 valence electrons. The van der Waals surface area contributed by atoms with E-state index in [0.29, 0.717) is 11.3 Å². The molecule has 0 aliphatic heterocycles. The molecule has 1 aromatic rings. The molecular weight excluding hydrogens is 278 g/mol. The number of aryl methyl sites for hydroxylation is 1. The number of nitrogens with one attached hydrogen (secondary N) is 1. The van der Waals surface area contributed by atoms with Gasteiger partial charge in [0.2, 0.25) is 0 Å². The number of carbonyl (C=O) groups is 1. The number of rotatable bonds is 3. The highest BCUT2D eigenvalue weighted by Gasteiger charge is 2.34. The van der Waals surface area contributed by atoms with Crippen LogP contribution in [0.15, 0.2) is 18.2 Å². The molecule has 0 aromatic heterocycles. The van der Waals surface area contributed by atoms with Crippen LogP contribution in [-0.2, 0) is 10.7 Å². The maximum absolute atomic E-state index is 14.1. The van der Waals surface area contributed by atoms with E-state index in [1.165, 1.54) is 25.1 Å². The molecule has 0 fully saturated rings. The Morgan fingerprint density at radius 3 is 2.48 bits per heavy atom. The SMILES string of the molecule is [C-]#[N+]c1ccc(C(F)(F)CNC(=O)OC(C)(C)C)c(C)c1. The van der Waals surface area contributed by atoms with Crippen LogP contribution >= 0.6 is 0 Å². The average Bonchev–Trinajstić information content (AvgIpc) is 2.34. The Hall–Kier alpha value is -2.16. The summed E-state index contributed by atoms with van der Waals surface area (Å²) in [6.45, 7) is 12.4. The number of nitrogens with zero attached hydrogens (tertiary/aromatic N) is 1. The minimum atomic E-state index is -3.23. The number of halogens is 2. The van der Waals surface area contributed by atoms with Crippen molar-refractivity contribution in [2.75, 3.05) is 6.54 Å². The number of benzene rings is 1. The molecule has 4 nitrogen and oxygen atoms in total. The predicted octanol–water partition coefficient (Wildman–Crippen LogP) is 4.16. The molecule has 1 N–H and O–H groups in total. The molecule has 0 saturated heterocycles. The Kier molecular flexibility index (Phi) is 4.89. The van der Waals surface area contributed by atoms with E-state index in [0.717, 1.165) is 0 Å². The van der Waals surface area contributed by atoms with Gasteiger partial charge in [0.1, 0.15) is 5.60 Å². The summed E-state index contributed by atoms with van der Waals surface area (Å²) in [7, 11) is 0. The summed E-state index contributed by atoms with van der Waals surface area (Å²) in [6, 6.07) is 3.93. The van der Waals surface area contributed by atoms with Gasteiger partial charge in [-0.2, -0.15) is 8.78 Å².